The van der Waals surface area contributed by atoms with Crippen LogP contribution in [0.3, 0.4) is 0 Å². The number of pyridine rings is 1. The first kappa shape index (κ1) is 12.3. The highest BCUT2D eigenvalue weighted by atomic mass is 35.5. The van der Waals surface area contributed by atoms with Crippen LogP contribution in [0.5, 0.6) is 0 Å². The van der Waals surface area contributed by atoms with Gasteiger partial charge in [0.25, 0.3) is 0 Å². The molecule has 0 aliphatic rings. The van der Waals surface area contributed by atoms with Crippen molar-refractivity contribution < 1.29 is 0 Å². The van der Waals surface area contributed by atoms with Gasteiger partial charge in [0.05, 0.1) is 5.88 Å². The summed E-state index contributed by atoms with van der Waals surface area (Å²) in [7, 11) is 2.10. The normalized spacial score (nSPS) is 10.8. The summed E-state index contributed by atoms with van der Waals surface area (Å²) in [6, 6.07) is 2.10. The molecule has 0 fully saturated rings. The van der Waals surface area contributed by atoms with Crippen molar-refractivity contribution in [2.24, 2.45) is 5.92 Å². The first-order valence-electron chi connectivity index (χ1n) is 5.27. The van der Waals surface area contributed by atoms with E-state index in [0.717, 1.165) is 17.8 Å². The van der Waals surface area contributed by atoms with Crippen molar-refractivity contribution in [2.75, 3.05) is 18.5 Å². The number of rotatable bonds is 4. The molecule has 1 rings (SSSR count). The molecule has 1 aromatic rings. The van der Waals surface area contributed by atoms with Crippen molar-refractivity contribution in [2.45, 2.75) is 26.7 Å². The molecule has 0 spiro atoms. The van der Waals surface area contributed by atoms with Gasteiger partial charge in [-0.25, -0.2) is 0 Å². The zero-order valence-electron chi connectivity index (χ0n) is 9.92. The molecule has 0 aliphatic carbocycles. The van der Waals surface area contributed by atoms with E-state index in [0.29, 0.717) is 11.8 Å². The monoisotopic (exact) mass is 226 g/mol. The van der Waals surface area contributed by atoms with E-state index < -0.39 is 0 Å². The molecule has 2 nitrogen and oxygen atoms in total. The smallest absolute Gasteiger partial charge is 0.0509 e. The fraction of sp³-hybridized carbons (Fsp3) is 0.583. The minimum atomic E-state index is 0.519. The molecule has 0 radical (unpaired) electrons. The van der Waals surface area contributed by atoms with Crippen LogP contribution in [0.2, 0.25) is 0 Å². The summed E-state index contributed by atoms with van der Waals surface area (Å²) >= 11 is 5.90. The van der Waals surface area contributed by atoms with E-state index in [9.17, 15) is 0 Å². The number of halogens is 1. The van der Waals surface area contributed by atoms with Gasteiger partial charge in [0.1, 0.15) is 0 Å². The molecule has 0 saturated heterocycles. The van der Waals surface area contributed by atoms with Gasteiger partial charge in [-0.05, 0) is 18.9 Å². The molecule has 84 valence electrons. The van der Waals surface area contributed by atoms with Crippen molar-refractivity contribution in [1.29, 1.82) is 0 Å². The summed E-state index contributed by atoms with van der Waals surface area (Å²) in [4.78, 5) is 6.51. The second-order valence-electron chi connectivity index (χ2n) is 4.36. The fourth-order valence-electron chi connectivity index (χ4n) is 1.68. The molecular formula is C12H19ClN2. The molecule has 15 heavy (non-hydrogen) atoms. The number of aromatic nitrogens is 1. The zero-order chi connectivity index (χ0) is 11.4. The maximum absolute atomic E-state index is 5.90. The van der Waals surface area contributed by atoms with Gasteiger partial charge in [-0.2, -0.15) is 0 Å². The third-order valence-corrected chi connectivity index (χ3v) is 2.58. The lowest BCUT2D eigenvalue weighted by atomic mass is 10.1. The molecule has 0 N–H and O–H groups in total. The average molecular weight is 227 g/mol. The van der Waals surface area contributed by atoms with Gasteiger partial charge in [0.15, 0.2) is 0 Å². The Kier molecular flexibility index (Phi) is 4.40. The number of alkyl halides is 1. The largest absolute Gasteiger partial charge is 0.374 e. The van der Waals surface area contributed by atoms with Crippen LogP contribution in [0.4, 0.5) is 5.69 Å². The SMILES string of the molecule is Cc1cc(N(C)CC(C)C)c(CCl)cn1. The first-order valence-corrected chi connectivity index (χ1v) is 5.80. The average Bonchev–Trinajstić information content (AvgIpc) is 2.16. The Balaban J connectivity index is 2.94. The van der Waals surface area contributed by atoms with Crippen molar-refractivity contribution in [3.8, 4) is 0 Å². The Bertz CT molecular complexity index is 323. The minimum absolute atomic E-state index is 0.519. The van der Waals surface area contributed by atoms with E-state index in [2.05, 4.69) is 36.8 Å². The highest BCUT2D eigenvalue weighted by Gasteiger charge is 2.09. The second-order valence-corrected chi connectivity index (χ2v) is 4.63. The van der Waals surface area contributed by atoms with Crippen molar-refractivity contribution >= 4 is 17.3 Å². The summed E-state index contributed by atoms with van der Waals surface area (Å²) in [6.45, 7) is 7.47. The van der Waals surface area contributed by atoms with Crippen molar-refractivity contribution in [3.05, 3.63) is 23.5 Å². The van der Waals surface area contributed by atoms with Crippen LogP contribution in [-0.2, 0) is 5.88 Å². The third kappa shape index (κ3) is 3.38. The minimum Gasteiger partial charge on any atom is -0.374 e. The highest BCUT2D eigenvalue weighted by molar-refractivity contribution is 6.17. The van der Waals surface area contributed by atoms with E-state index >= 15 is 0 Å². The molecule has 0 saturated carbocycles. The van der Waals surface area contributed by atoms with Gasteiger partial charge in [0, 0.05) is 36.7 Å². The summed E-state index contributed by atoms with van der Waals surface area (Å²) in [6.07, 6.45) is 1.87. The van der Waals surface area contributed by atoms with Gasteiger partial charge < -0.3 is 4.90 Å². The Morgan fingerprint density at radius 3 is 2.67 bits per heavy atom. The molecule has 0 aliphatic heterocycles. The van der Waals surface area contributed by atoms with Crippen LogP contribution >= 0.6 is 11.6 Å². The predicted molar refractivity (Wildman–Crippen MR) is 66.6 cm³/mol. The first-order chi connectivity index (χ1) is 7.04. The van der Waals surface area contributed by atoms with Crippen LogP contribution < -0.4 is 4.90 Å². The maximum atomic E-state index is 5.90. The van der Waals surface area contributed by atoms with Gasteiger partial charge in [-0.1, -0.05) is 13.8 Å². The van der Waals surface area contributed by atoms with Crippen LogP contribution in [0.15, 0.2) is 12.3 Å². The standard InChI is InChI=1S/C12H19ClN2/c1-9(2)8-15(4)12-5-10(3)14-7-11(12)6-13/h5,7,9H,6,8H2,1-4H3. The zero-order valence-corrected chi connectivity index (χ0v) is 10.7. The summed E-state index contributed by atoms with van der Waals surface area (Å²) in [5.41, 5.74) is 3.34. The second kappa shape index (κ2) is 5.36. The van der Waals surface area contributed by atoms with Crippen LogP contribution in [0, 0.1) is 12.8 Å². The van der Waals surface area contributed by atoms with Crippen LogP contribution in [0.1, 0.15) is 25.1 Å². The lowest BCUT2D eigenvalue weighted by Crippen LogP contribution is -2.23. The van der Waals surface area contributed by atoms with Crippen LogP contribution in [0.25, 0.3) is 0 Å². The highest BCUT2D eigenvalue weighted by Crippen LogP contribution is 2.22. The molecule has 0 amide bonds. The number of hydrogen-bond acceptors (Lipinski definition) is 2. The van der Waals surface area contributed by atoms with Gasteiger partial charge in [0.2, 0.25) is 0 Å². The number of nitrogens with zero attached hydrogens (tertiary/aromatic N) is 2. The molecular weight excluding hydrogens is 208 g/mol. The lowest BCUT2D eigenvalue weighted by Gasteiger charge is -2.23. The molecule has 3 heteroatoms. The Morgan fingerprint density at radius 1 is 1.47 bits per heavy atom. The Labute approximate surface area is 97.3 Å². The summed E-state index contributed by atoms with van der Waals surface area (Å²) < 4.78 is 0. The Morgan fingerprint density at radius 2 is 2.13 bits per heavy atom. The fourth-order valence-corrected chi connectivity index (χ4v) is 1.88. The Hall–Kier alpha value is -0.760. The third-order valence-electron chi connectivity index (χ3n) is 2.29. The summed E-state index contributed by atoms with van der Waals surface area (Å²) in [5, 5.41) is 0. The van der Waals surface area contributed by atoms with E-state index in [-0.39, 0.29) is 0 Å². The summed E-state index contributed by atoms with van der Waals surface area (Å²) in [5.74, 6) is 1.16. The van der Waals surface area contributed by atoms with E-state index in [1.54, 1.807) is 0 Å². The molecule has 1 aromatic heterocycles. The number of aryl methyl sites for hydroxylation is 1. The molecule has 0 atom stereocenters. The van der Waals surface area contributed by atoms with Gasteiger partial charge in [-0.3, -0.25) is 4.98 Å². The van der Waals surface area contributed by atoms with Crippen LogP contribution in [-0.4, -0.2) is 18.6 Å². The van der Waals surface area contributed by atoms with Gasteiger partial charge >= 0.3 is 0 Å². The van der Waals surface area contributed by atoms with E-state index in [4.69, 9.17) is 11.6 Å². The van der Waals surface area contributed by atoms with Crippen molar-refractivity contribution in [1.82, 2.24) is 4.98 Å². The molecule has 0 unspecified atom stereocenters. The molecule has 1 heterocycles. The number of anilines is 1. The molecule has 0 bridgehead atoms. The topological polar surface area (TPSA) is 16.1 Å². The van der Waals surface area contributed by atoms with E-state index in [1.165, 1.54) is 5.69 Å². The van der Waals surface area contributed by atoms with E-state index in [1.807, 2.05) is 13.1 Å². The maximum Gasteiger partial charge on any atom is 0.0509 e. The molecule has 0 aromatic carbocycles. The quantitative estimate of drug-likeness (QED) is 0.733. The van der Waals surface area contributed by atoms with Crippen molar-refractivity contribution in [3.63, 3.8) is 0 Å². The number of hydrogen-bond donors (Lipinski definition) is 0. The lowest BCUT2D eigenvalue weighted by molar-refractivity contribution is 0.637. The van der Waals surface area contributed by atoms with Gasteiger partial charge in [-0.15, -0.1) is 11.6 Å². The predicted octanol–water partition coefficient (Wildman–Crippen LogP) is 3.22.